The number of hydrogen-bond acceptors (Lipinski definition) is 4. The third-order valence-electron chi connectivity index (χ3n) is 3.06. The fourth-order valence-electron chi connectivity index (χ4n) is 2.05. The van der Waals surface area contributed by atoms with Crippen LogP contribution in [-0.4, -0.2) is 41.3 Å². The van der Waals surface area contributed by atoms with Crippen LogP contribution in [0.4, 0.5) is 0 Å². The minimum atomic E-state index is -0.125. The van der Waals surface area contributed by atoms with Gasteiger partial charge in [-0.25, -0.2) is 4.98 Å². The lowest BCUT2D eigenvalue weighted by Gasteiger charge is -2.25. The quantitative estimate of drug-likeness (QED) is 0.907. The summed E-state index contributed by atoms with van der Waals surface area (Å²) in [5.41, 5.74) is 0.993. The van der Waals surface area contributed by atoms with Gasteiger partial charge in [0.15, 0.2) is 0 Å². The molecule has 1 N–H and O–H groups in total. The van der Waals surface area contributed by atoms with Gasteiger partial charge in [0.05, 0.1) is 12.7 Å². The van der Waals surface area contributed by atoms with Gasteiger partial charge >= 0.3 is 0 Å². The molecule has 102 valence electrons. The lowest BCUT2D eigenvalue weighted by Crippen LogP contribution is -2.49. The topological polar surface area (TPSA) is 62.3 Å². The van der Waals surface area contributed by atoms with Gasteiger partial charge in [0.1, 0.15) is 9.88 Å². The highest BCUT2D eigenvalue weighted by atomic mass is 32.1. The predicted molar refractivity (Wildman–Crippen MR) is 76.5 cm³/mol. The van der Waals surface area contributed by atoms with Crippen LogP contribution in [0.15, 0.2) is 36.5 Å². The number of carbonyl (C=O) groups is 2. The number of benzene rings is 1. The Morgan fingerprint density at radius 3 is 2.85 bits per heavy atom. The normalized spacial score (nSPS) is 15.0. The molecule has 3 rings (SSSR count). The van der Waals surface area contributed by atoms with Crippen LogP contribution in [0.5, 0.6) is 0 Å². The highest BCUT2D eigenvalue weighted by Gasteiger charge is 2.23. The zero-order chi connectivity index (χ0) is 13.9. The van der Waals surface area contributed by atoms with Gasteiger partial charge in [0.25, 0.3) is 5.91 Å². The molecule has 1 aromatic carbocycles. The molecular formula is C14H13N3O2S. The van der Waals surface area contributed by atoms with E-state index in [1.807, 2.05) is 30.3 Å². The van der Waals surface area contributed by atoms with E-state index in [0.717, 1.165) is 10.6 Å². The largest absolute Gasteiger partial charge is 0.353 e. The van der Waals surface area contributed by atoms with E-state index >= 15 is 0 Å². The van der Waals surface area contributed by atoms with Crippen LogP contribution in [0.25, 0.3) is 10.6 Å². The Hall–Kier alpha value is -2.21. The van der Waals surface area contributed by atoms with Crippen molar-refractivity contribution in [3.05, 3.63) is 41.4 Å². The van der Waals surface area contributed by atoms with E-state index in [1.54, 1.807) is 11.1 Å². The fraction of sp³-hybridized carbons (Fsp3) is 0.214. The van der Waals surface area contributed by atoms with Crippen LogP contribution in [0.2, 0.25) is 0 Å². The second-order valence-electron chi connectivity index (χ2n) is 4.47. The highest BCUT2D eigenvalue weighted by molar-refractivity contribution is 7.16. The average molecular weight is 287 g/mol. The molecule has 0 radical (unpaired) electrons. The summed E-state index contributed by atoms with van der Waals surface area (Å²) in [6, 6.07) is 9.73. The van der Waals surface area contributed by atoms with Crippen LogP contribution in [0.3, 0.4) is 0 Å². The predicted octanol–water partition coefficient (Wildman–Crippen LogP) is 1.38. The molecule has 0 saturated carbocycles. The molecule has 1 saturated heterocycles. The molecule has 0 unspecified atom stereocenters. The number of piperazine rings is 1. The first-order valence-electron chi connectivity index (χ1n) is 6.31. The van der Waals surface area contributed by atoms with E-state index in [1.165, 1.54) is 11.3 Å². The summed E-state index contributed by atoms with van der Waals surface area (Å²) >= 11 is 1.35. The molecule has 6 heteroatoms. The van der Waals surface area contributed by atoms with Crippen LogP contribution >= 0.6 is 11.3 Å². The van der Waals surface area contributed by atoms with Crippen molar-refractivity contribution in [3.63, 3.8) is 0 Å². The maximum Gasteiger partial charge on any atom is 0.266 e. The van der Waals surface area contributed by atoms with Gasteiger partial charge in [0, 0.05) is 18.7 Å². The Bertz CT molecular complexity index is 639. The zero-order valence-corrected chi connectivity index (χ0v) is 11.5. The van der Waals surface area contributed by atoms with Crippen molar-refractivity contribution >= 4 is 23.2 Å². The average Bonchev–Trinajstić information content (AvgIpc) is 2.97. The van der Waals surface area contributed by atoms with Gasteiger partial charge in [-0.3, -0.25) is 9.59 Å². The molecule has 0 atom stereocenters. The van der Waals surface area contributed by atoms with Crippen molar-refractivity contribution in [2.45, 2.75) is 0 Å². The van der Waals surface area contributed by atoms with Crippen molar-refractivity contribution in [3.8, 4) is 10.6 Å². The van der Waals surface area contributed by atoms with E-state index in [0.29, 0.717) is 18.0 Å². The summed E-state index contributed by atoms with van der Waals surface area (Å²) in [7, 11) is 0. The monoisotopic (exact) mass is 287 g/mol. The molecule has 0 spiro atoms. The first-order valence-corrected chi connectivity index (χ1v) is 7.13. The summed E-state index contributed by atoms with van der Waals surface area (Å²) in [5, 5.41) is 3.52. The third-order valence-corrected chi connectivity index (χ3v) is 4.10. The number of amides is 2. The molecule has 1 aliphatic heterocycles. The van der Waals surface area contributed by atoms with Crippen molar-refractivity contribution in [1.82, 2.24) is 15.2 Å². The lowest BCUT2D eigenvalue weighted by molar-refractivity contribution is -0.123. The molecule has 2 aromatic rings. The maximum absolute atomic E-state index is 12.3. The fourth-order valence-corrected chi connectivity index (χ4v) is 2.94. The molecule has 1 aliphatic rings. The van der Waals surface area contributed by atoms with Gasteiger partial charge in [-0.05, 0) is 0 Å². The molecule has 2 amide bonds. The molecule has 1 fully saturated rings. The minimum absolute atomic E-state index is 0.114. The number of carbonyl (C=O) groups excluding carboxylic acids is 2. The highest BCUT2D eigenvalue weighted by Crippen LogP contribution is 2.25. The van der Waals surface area contributed by atoms with Crippen molar-refractivity contribution < 1.29 is 9.59 Å². The van der Waals surface area contributed by atoms with E-state index in [-0.39, 0.29) is 18.4 Å². The molecule has 0 aliphatic carbocycles. The summed E-state index contributed by atoms with van der Waals surface area (Å²) in [6.07, 6.45) is 1.59. The number of rotatable bonds is 2. The van der Waals surface area contributed by atoms with Crippen molar-refractivity contribution in [2.24, 2.45) is 0 Å². The summed E-state index contributed by atoms with van der Waals surface area (Å²) in [4.78, 5) is 30.0. The second-order valence-corrected chi connectivity index (χ2v) is 5.50. The number of nitrogens with zero attached hydrogens (tertiary/aromatic N) is 2. The Morgan fingerprint density at radius 1 is 1.30 bits per heavy atom. The Labute approximate surface area is 120 Å². The molecular weight excluding hydrogens is 274 g/mol. The van der Waals surface area contributed by atoms with E-state index < -0.39 is 0 Å². The SMILES string of the molecule is O=C1CN(C(=O)c2cnc(-c3ccccc3)s2)CCN1. The molecule has 5 nitrogen and oxygen atoms in total. The van der Waals surface area contributed by atoms with Gasteiger partial charge in [-0.2, -0.15) is 0 Å². The Kier molecular flexibility index (Phi) is 3.47. The van der Waals surface area contributed by atoms with Gasteiger partial charge in [-0.1, -0.05) is 30.3 Å². The summed E-state index contributed by atoms with van der Waals surface area (Å²) < 4.78 is 0. The van der Waals surface area contributed by atoms with Crippen LogP contribution in [-0.2, 0) is 4.79 Å². The second kappa shape index (κ2) is 5.42. The van der Waals surface area contributed by atoms with Crippen molar-refractivity contribution in [1.29, 1.82) is 0 Å². The standard InChI is InChI=1S/C14H13N3O2S/c18-12-9-17(7-6-15-12)14(19)11-8-16-13(20-11)10-4-2-1-3-5-10/h1-5,8H,6-7,9H2,(H,15,18). The number of nitrogens with one attached hydrogen (secondary N) is 1. The van der Waals surface area contributed by atoms with Crippen LogP contribution in [0, 0.1) is 0 Å². The van der Waals surface area contributed by atoms with Gasteiger partial charge in [-0.15, -0.1) is 11.3 Å². The Balaban J connectivity index is 1.80. The minimum Gasteiger partial charge on any atom is -0.353 e. The summed E-state index contributed by atoms with van der Waals surface area (Å²) in [6.45, 7) is 1.18. The molecule has 0 bridgehead atoms. The third kappa shape index (κ3) is 2.55. The Morgan fingerprint density at radius 2 is 2.10 bits per heavy atom. The van der Waals surface area contributed by atoms with E-state index in [9.17, 15) is 9.59 Å². The summed E-state index contributed by atoms with van der Waals surface area (Å²) in [5.74, 6) is -0.239. The number of hydrogen-bond donors (Lipinski definition) is 1. The van der Waals surface area contributed by atoms with Crippen LogP contribution in [0.1, 0.15) is 9.67 Å². The van der Waals surface area contributed by atoms with E-state index in [2.05, 4.69) is 10.3 Å². The lowest BCUT2D eigenvalue weighted by atomic mass is 10.2. The van der Waals surface area contributed by atoms with Crippen LogP contribution < -0.4 is 5.32 Å². The first kappa shape index (κ1) is 12.8. The molecule has 20 heavy (non-hydrogen) atoms. The first-order chi connectivity index (χ1) is 9.74. The molecule has 1 aromatic heterocycles. The number of aromatic nitrogens is 1. The van der Waals surface area contributed by atoms with Gasteiger partial charge in [0.2, 0.25) is 5.91 Å². The van der Waals surface area contributed by atoms with Gasteiger partial charge < -0.3 is 10.2 Å². The van der Waals surface area contributed by atoms with E-state index in [4.69, 9.17) is 0 Å². The maximum atomic E-state index is 12.3. The molecule has 2 heterocycles. The van der Waals surface area contributed by atoms with Crippen molar-refractivity contribution in [2.75, 3.05) is 19.6 Å². The smallest absolute Gasteiger partial charge is 0.266 e. The zero-order valence-electron chi connectivity index (χ0n) is 10.7. The number of thiazole rings is 1.